The van der Waals surface area contributed by atoms with E-state index < -0.39 is 18.0 Å². The molecule has 0 aliphatic heterocycles. The van der Waals surface area contributed by atoms with E-state index in [2.05, 4.69) is 10.3 Å². The predicted octanol–water partition coefficient (Wildman–Crippen LogP) is 3.98. The smallest absolute Gasteiger partial charge is 0.340 e. The van der Waals surface area contributed by atoms with Crippen molar-refractivity contribution in [3.8, 4) is 0 Å². The first-order valence-corrected chi connectivity index (χ1v) is 9.06. The molecule has 1 amide bonds. The lowest BCUT2D eigenvalue weighted by Crippen LogP contribution is -2.30. The molecule has 0 spiro atoms. The molecule has 1 N–H and O–H groups in total. The van der Waals surface area contributed by atoms with Crippen molar-refractivity contribution < 1.29 is 18.7 Å². The van der Waals surface area contributed by atoms with Gasteiger partial charge in [-0.05, 0) is 51.1 Å². The van der Waals surface area contributed by atoms with E-state index in [9.17, 15) is 9.59 Å². The monoisotopic (exact) mass is 401 g/mol. The zero-order valence-electron chi connectivity index (χ0n) is 15.7. The molecular weight excluding hydrogens is 382 g/mol. The number of ether oxygens (including phenoxy) is 1. The summed E-state index contributed by atoms with van der Waals surface area (Å²) in [6, 6.07) is 8.68. The van der Waals surface area contributed by atoms with Crippen molar-refractivity contribution in [1.82, 2.24) is 9.55 Å². The molecule has 3 aromatic heterocycles. The van der Waals surface area contributed by atoms with E-state index in [1.165, 1.54) is 13.1 Å². The van der Waals surface area contributed by atoms with Crippen molar-refractivity contribution in [3.05, 3.63) is 70.7 Å². The summed E-state index contributed by atoms with van der Waals surface area (Å²) in [6.07, 6.45) is 2.12. The van der Waals surface area contributed by atoms with Crippen molar-refractivity contribution >= 4 is 29.2 Å². The number of aryl methyl sites for hydroxylation is 1. The summed E-state index contributed by atoms with van der Waals surface area (Å²) in [5.74, 6) is -0.283. The van der Waals surface area contributed by atoms with Gasteiger partial charge in [-0.25, -0.2) is 9.78 Å². The fourth-order valence-corrected chi connectivity index (χ4v) is 2.97. The van der Waals surface area contributed by atoms with Gasteiger partial charge in [0, 0.05) is 17.6 Å². The van der Waals surface area contributed by atoms with Gasteiger partial charge in [0.05, 0.1) is 24.1 Å². The van der Waals surface area contributed by atoms with Crippen molar-refractivity contribution in [2.45, 2.75) is 33.4 Å². The molecule has 0 fully saturated rings. The first kappa shape index (κ1) is 19.7. The second-order valence-corrected chi connectivity index (χ2v) is 6.69. The Morgan fingerprint density at radius 3 is 2.79 bits per heavy atom. The summed E-state index contributed by atoms with van der Waals surface area (Å²) in [5.41, 5.74) is 2.39. The maximum absolute atomic E-state index is 12.6. The molecule has 28 heavy (non-hydrogen) atoms. The predicted molar refractivity (Wildman–Crippen MR) is 104 cm³/mol. The summed E-state index contributed by atoms with van der Waals surface area (Å²) in [6.45, 7) is 5.73. The van der Waals surface area contributed by atoms with Crippen LogP contribution in [0.5, 0.6) is 0 Å². The number of esters is 1. The van der Waals surface area contributed by atoms with Gasteiger partial charge in [0.15, 0.2) is 11.3 Å². The molecule has 0 bridgehead atoms. The Balaban J connectivity index is 1.69. The number of rotatable bonds is 6. The summed E-state index contributed by atoms with van der Waals surface area (Å²) < 4.78 is 12.7. The van der Waals surface area contributed by atoms with Gasteiger partial charge in [0.25, 0.3) is 5.91 Å². The van der Waals surface area contributed by atoms with Crippen molar-refractivity contribution in [2.75, 3.05) is 5.32 Å². The molecule has 3 rings (SSSR count). The second-order valence-electron chi connectivity index (χ2n) is 6.33. The lowest BCUT2D eigenvalue weighted by molar-refractivity contribution is -0.123. The number of carbonyl (C=O) groups is 2. The van der Waals surface area contributed by atoms with Crippen LogP contribution in [0.2, 0.25) is 5.15 Å². The molecule has 0 saturated carbocycles. The fourth-order valence-electron chi connectivity index (χ4n) is 2.80. The highest BCUT2D eigenvalue weighted by atomic mass is 35.5. The van der Waals surface area contributed by atoms with E-state index in [-0.39, 0.29) is 5.15 Å². The van der Waals surface area contributed by atoms with Gasteiger partial charge in [-0.15, -0.1) is 0 Å². The number of aromatic nitrogens is 2. The van der Waals surface area contributed by atoms with E-state index in [4.69, 9.17) is 20.8 Å². The Kier molecular flexibility index (Phi) is 5.84. The van der Waals surface area contributed by atoms with Crippen LogP contribution in [0.1, 0.15) is 34.4 Å². The lowest BCUT2D eigenvalue weighted by Gasteiger charge is -2.14. The Hall–Kier alpha value is -3.06. The minimum Gasteiger partial charge on any atom is -0.467 e. The molecule has 0 radical (unpaired) electrons. The van der Waals surface area contributed by atoms with E-state index in [0.717, 1.165) is 17.1 Å². The van der Waals surface area contributed by atoms with Gasteiger partial charge in [0.2, 0.25) is 0 Å². The normalized spacial score (nSPS) is 11.9. The number of halogens is 1. The lowest BCUT2D eigenvalue weighted by atomic mass is 10.2. The highest BCUT2D eigenvalue weighted by Crippen LogP contribution is 2.20. The van der Waals surface area contributed by atoms with Crippen LogP contribution >= 0.6 is 11.6 Å². The first-order valence-electron chi connectivity index (χ1n) is 8.68. The zero-order chi connectivity index (χ0) is 20.3. The summed E-state index contributed by atoms with van der Waals surface area (Å²) >= 11 is 5.93. The van der Waals surface area contributed by atoms with Gasteiger partial charge < -0.3 is 19.0 Å². The third kappa shape index (κ3) is 4.26. The van der Waals surface area contributed by atoms with E-state index in [0.29, 0.717) is 17.8 Å². The highest BCUT2D eigenvalue weighted by Gasteiger charge is 2.23. The SMILES string of the molecule is Cc1cc(C(=O)O[C@@H](C)C(=O)Nc2cccnc2Cl)c(C)n1Cc1ccco1. The third-order valence-electron chi connectivity index (χ3n) is 4.36. The van der Waals surface area contributed by atoms with Gasteiger partial charge >= 0.3 is 5.97 Å². The molecule has 146 valence electrons. The van der Waals surface area contributed by atoms with Gasteiger partial charge in [-0.2, -0.15) is 0 Å². The molecule has 8 heteroatoms. The molecule has 0 saturated heterocycles. The number of nitrogens with one attached hydrogen (secondary N) is 1. The van der Waals surface area contributed by atoms with E-state index in [1.54, 1.807) is 24.5 Å². The third-order valence-corrected chi connectivity index (χ3v) is 4.66. The maximum atomic E-state index is 12.6. The molecule has 0 unspecified atom stereocenters. The van der Waals surface area contributed by atoms with Crippen LogP contribution in [-0.4, -0.2) is 27.5 Å². The molecule has 7 nitrogen and oxygen atoms in total. The minimum atomic E-state index is -1.00. The zero-order valence-corrected chi connectivity index (χ0v) is 16.5. The molecule has 0 aromatic carbocycles. The molecular formula is C20H20ClN3O4. The Labute approximate surface area is 167 Å². The van der Waals surface area contributed by atoms with Gasteiger partial charge in [-0.1, -0.05) is 11.6 Å². The number of furan rings is 1. The molecule has 3 heterocycles. The standard InChI is InChI=1S/C20H20ClN3O4/c1-12-10-16(13(2)24(12)11-15-6-5-9-27-15)20(26)28-14(3)19(25)23-17-7-4-8-22-18(17)21/h4-10,14H,11H2,1-3H3,(H,23,25)/t14-/m0/s1. The van der Waals surface area contributed by atoms with Crippen LogP contribution in [-0.2, 0) is 16.1 Å². The molecule has 0 aliphatic carbocycles. The summed E-state index contributed by atoms with van der Waals surface area (Å²) in [4.78, 5) is 28.8. The van der Waals surface area contributed by atoms with Crippen LogP contribution in [0.25, 0.3) is 0 Å². The quantitative estimate of drug-likeness (QED) is 0.498. The number of pyridine rings is 1. The number of carbonyl (C=O) groups excluding carboxylic acids is 2. The van der Waals surface area contributed by atoms with Crippen LogP contribution < -0.4 is 5.32 Å². The number of nitrogens with zero attached hydrogens (tertiary/aromatic N) is 2. The van der Waals surface area contributed by atoms with E-state index >= 15 is 0 Å². The van der Waals surface area contributed by atoms with Gasteiger partial charge in [0.1, 0.15) is 5.76 Å². The minimum absolute atomic E-state index is 0.163. The topological polar surface area (TPSA) is 86.4 Å². The van der Waals surface area contributed by atoms with Crippen molar-refractivity contribution in [3.63, 3.8) is 0 Å². The summed E-state index contributed by atoms with van der Waals surface area (Å²) in [7, 11) is 0. The highest BCUT2D eigenvalue weighted by molar-refractivity contribution is 6.32. The van der Waals surface area contributed by atoms with Crippen LogP contribution in [0.15, 0.2) is 47.2 Å². The Morgan fingerprint density at radius 2 is 2.11 bits per heavy atom. The second kappa shape index (κ2) is 8.31. The van der Waals surface area contributed by atoms with Crippen molar-refractivity contribution in [2.24, 2.45) is 0 Å². The van der Waals surface area contributed by atoms with Crippen molar-refractivity contribution in [1.29, 1.82) is 0 Å². The Morgan fingerprint density at radius 1 is 1.32 bits per heavy atom. The van der Waals surface area contributed by atoms with Crippen LogP contribution in [0.4, 0.5) is 5.69 Å². The van der Waals surface area contributed by atoms with Gasteiger partial charge in [-0.3, -0.25) is 4.79 Å². The summed E-state index contributed by atoms with van der Waals surface area (Å²) in [5, 5.41) is 2.76. The number of amides is 1. The molecule has 3 aromatic rings. The maximum Gasteiger partial charge on any atom is 0.340 e. The number of anilines is 1. The average Bonchev–Trinajstić information content (AvgIpc) is 3.27. The average molecular weight is 402 g/mol. The van der Waals surface area contributed by atoms with Crippen LogP contribution in [0.3, 0.4) is 0 Å². The fraction of sp³-hybridized carbons (Fsp3) is 0.250. The molecule has 1 atom stereocenters. The van der Waals surface area contributed by atoms with E-state index in [1.807, 2.05) is 30.5 Å². The molecule has 0 aliphatic rings. The first-order chi connectivity index (χ1) is 13.4. The Bertz CT molecular complexity index is 995. The largest absolute Gasteiger partial charge is 0.467 e. The van der Waals surface area contributed by atoms with Crippen LogP contribution in [0, 0.1) is 13.8 Å². The number of hydrogen-bond donors (Lipinski definition) is 1. The number of hydrogen-bond acceptors (Lipinski definition) is 5.